The van der Waals surface area contributed by atoms with E-state index < -0.39 is 30.0 Å². The second kappa shape index (κ2) is 5.70. The van der Waals surface area contributed by atoms with Crippen LogP contribution in [0.25, 0.3) is 0 Å². The van der Waals surface area contributed by atoms with Crippen molar-refractivity contribution in [3.63, 3.8) is 0 Å². The molecule has 0 spiro atoms. The Morgan fingerprint density at radius 3 is 2.14 bits per heavy atom. The number of rotatable bonds is 4. The third kappa shape index (κ3) is 2.67. The molecule has 22 heavy (non-hydrogen) atoms. The number of halogens is 2. The van der Waals surface area contributed by atoms with E-state index >= 15 is 0 Å². The van der Waals surface area contributed by atoms with Crippen LogP contribution in [0, 0.1) is 11.6 Å². The Morgan fingerprint density at radius 2 is 1.68 bits per heavy atom. The molecule has 0 radical (unpaired) electrons. The van der Waals surface area contributed by atoms with Gasteiger partial charge in [-0.05, 0) is 34.6 Å². The summed E-state index contributed by atoms with van der Waals surface area (Å²) >= 11 is 0. The van der Waals surface area contributed by atoms with Gasteiger partial charge in [-0.3, -0.25) is 0 Å². The van der Waals surface area contributed by atoms with Crippen molar-refractivity contribution in [2.75, 3.05) is 13.7 Å². The smallest absolute Gasteiger partial charge is 0.493 e. The lowest BCUT2D eigenvalue weighted by Crippen LogP contribution is -2.41. The molecule has 122 valence electrons. The van der Waals surface area contributed by atoms with Crippen LogP contribution in [0.5, 0.6) is 11.5 Å². The van der Waals surface area contributed by atoms with E-state index in [-0.39, 0.29) is 23.6 Å². The number of hydrogen-bond acceptors (Lipinski definition) is 4. The topological polar surface area (TPSA) is 36.9 Å². The van der Waals surface area contributed by atoms with Gasteiger partial charge in [0, 0.05) is 6.07 Å². The summed E-state index contributed by atoms with van der Waals surface area (Å²) < 4.78 is 50.7. The number of ether oxygens (including phenoxy) is 2. The highest BCUT2D eigenvalue weighted by molar-refractivity contribution is 6.62. The highest BCUT2D eigenvalue weighted by Crippen LogP contribution is 2.38. The molecular weight excluding hydrogens is 293 g/mol. The first-order valence-electron chi connectivity index (χ1n) is 7.19. The van der Waals surface area contributed by atoms with E-state index in [0.29, 0.717) is 0 Å². The van der Waals surface area contributed by atoms with Gasteiger partial charge in [-0.15, -0.1) is 0 Å². The van der Waals surface area contributed by atoms with Crippen LogP contribution in [0.1, 0.15) is 34.6 Å². The van der Waals surface area contributed by atoms with Crippen molar-refractivity contribution in [2.24, 2.45) is 0 Å². The minimum absolute atomic E-state index is 0.00267. The Balaban J connectivity index is 2.51. The zero-order valence-corrected chi connectivity index (χ0v) is 13.8. The summed E-state index contributed by atoms with van der Waals surface area (Å²) in [6.07, 6.45) is 0. The summed E-state index contributed by atoms with van der Waals surface area (Å²) in [5.74, 6) is -1.80. The number of hydrogen-bond donors (Lipinski definition) is 0. The average Bonchev–Trinajstić information content (AvgIpc) is 2.61. The molecule has 0 aliphatic carbocycles. The molecule has 0 bridgehead atoms. The Kier molecular flexibility index (Phi) is 4.41. The lowest BCUT2D eigenvalue weighted by atomic mass is 9.78. The van der Waals surface area contributed by atoms with E-state index in [1.807, 2.05) is 27.7 Å². The standard InChI is InChI=1S/C15H21BF2O4/c1-7-20-13-10(19-6)8-9(17)11(12(13)18)16-21-14(2,3)15(4,5)22-16/h8H,7H2,1-6H3. The van der Waals surface area contributed by atoms with Gasteiger partial charge < -0.3 is 18.8 Å². The maximum Gasteiger partial charge on any atom is 0.501 e. The van der Waals surface area contributed by atoms with Gasteiger partial charge >= 0.3 is 7.12 Å². The summed E-state index contributed by atoms with van der Waals surface area (Å²) in [5.41, 5.74) is -1.69. The molecule has 0 N–H and O–H groups in total. The van der Waals surface area contributed by atoms with Crippen molar-refractivity contribution >= 4 is 12.6 Å². The van der Waals surface area contributed by atoms with Gasteiger partial charge in [-0.2, -0.15) is 0 Å². The molecule has 1 aliphatic heterocycles. The van der Waals surface area contributed by atoms with E-state index in [2.05, 4.69) is 0 Å². The lowest BCUT2D eigenvalue weighted by Gasteiger charge is -2.32. The first-order valence-corrected chi connectivity index (χ1v) is 7.19. The Morgan fingerprint density at radius 1 is 1.14 bits per heavy atom. The average molecular weight is 314 g/mol. The normalized spacial score (nSPS) is 19.4. The quantitative estimate of drug-likeness (QED) is 0.801. The molecule has 0 unspecified atom stereocenters. The fraction of sp³-hybridized carbons (Fsp3) is 0.600. The van der Waals surface area contributed by atoms with Gasteiger partial charge in [0.2, 0.25) is 0 Å². The highest BCUT2D eigenvalue weighted by atomic mass is 19.1. The molecule has 4 nitrogen and oxygen atoms in total. The van der Waals surface area contributed by atoms with Crippen molar-refractivity contribution in [3.05, 3.63) is 17.7 Å². The fourth-order valence-corrected chi connectivity index (χ4v) is 2.20. The van der Waals surface area contributed by atoms with Crippen LogP contribution in [0.2, 0.25) is 0 Å². The first kappa shape index (κ1) is 17.0. The third-order valence-corrected chi connectivity index (χ3v) is 4.17. The predicted octanol–water partition coefficient (Wildman–Crippen LogP) is 2.67. The van der Waals surface area contributed by atoms with E-state index in [0.717, 1.165) is 6.07 Å². The Hall–Kier alpha value is -1.34. The van der Waals surface area contributed by atoms with Gasteiger partial charge in [0.05, 0.1) is 30.4 Å². The monoisotopic (exact) mass is 314 g/mol. The number of benzene rings is 1. The molecule has 1 aromatic carbocycles. The summed E-state index contributed by atoms with van der Waals surface area (Å²) in [5, 5.41) is 0. The summed E-state index contributed by atoms with van der Waals surface area (Å²) in [6, 6.07) is 1.08. The molecule has 7 heteroatoms. The number of methoxy groups -OCH3 is 1. The van der Waals surface area contributed by atoms with Crippen molar-refractivity contribution in [2.45, 2.75) is 45.8 Å². The van der Waals surface area contributed by atoms with Crippen LogP contribution >= 0.6 is 0 Å². The first-order chi connectivity index (χ1) is 10.1. The largest absolute Gasteiger partial charge is 0.501 e. The van der Waals surface area contributed by atoms with Crippen LogP contribution in [0.15, 0.2) is 6.07 Å². The minimum Gasteiger partial charge on any atom is -0.493 e. The van der Waals surface area contributed by atoms with Gasteiger partial charge in [-0.25, -0.2) is 8.78 Å². The molecule has 1 aromatic rings. The van der Waals surface area contributed by atoms with Crippen LogP contribution in [-0.2, 0) is 9.31 Å². The molecule has 0 atom stereocenters. The highest BCUT2D eigenvalue weighted by Gasteiger charge is 2.53. The van der Waals surface area contributed by atoms with Gasteiger partial charge in [0.1, 0.15) is 5.82 Å². The maximum atomic E-state index is 14.7. The third-order valence-electron chi connectivity index (χ3n) is 4.17. The van der Waals surface area contributed by atoms with Crippen molar-refractivity contribution in [1.29, 1.82) is 0 Å². The lowest BCUT2D eigenvalue weighted by molar-refractivity contribution is 0.00578. The molecule has 2 rings (SSSR count). The van der Waals surface area contributed by atoms with Crippen LogP contribution < -0.4 is 14.9 Å². The van der Waals surface area contributed by atoms with E-state index in [1.165, 1.54) is 7.11 Å². The zero-order valence-electron chi connectivity index (χ0n) is 13.8. The molecule has 1 fully saturated rings. The van der Waals surface area contributed by atoms with Gasteiger partial charge in [0.25, 0.3) is 0 Å². The van der Waals surface area contributed by atoms with Gasteiger partial charge in [0.15, 0.2) is 17.3 Å². The van der Waals surface area contributed by atoms with Crippen LogP contribution in [-0.4, -0.2) is 32.0 Å². The van der Waals surface area contributed by atoms with E-state index in [1.54, 1.807) is 6.92 Å². The maximum absolute atomic E-state index is 14.7. The molecule has 0 saturated carbocycles. The second-order valence-corrected chi connectivity index (χ2v) is 6.14. The van der Waals surface area contributed by atoms with Crippen LogP contribution in [0.3, 0.4) is 0 Å². The molecule has 1 aliphatic rings. The van der Waals surface area contributed by atoms with E-state index in [9.17, 15) is 8.78 Å². The molecule has 0 aromatic heterocycles. The predicted molar refractivity (Wildman–Crippen MR) is 79.8 cm³/mol. The minimum atomic E-state index is -1.14. The second-order valence-electron chi connectivity index (χ2n) is 6.14. The van der Waals surface area contributed by atoms with Crippen molar-refractivity contribution in [1.82, 2.24) is 0 Å². The summed E-state index contributed by atoms with van der Waals surface area (Å²) in [6.45, 7) is 9.19. The van der Waals surface area contributed by atoms with Crippen molar-refractivity contribution < 1.29 is 27.6 Å². The Labute approximate surface area is 129 Å². The molecule has 1 saturated heterocycles. The van der Waals surface area contributed by atoms with Crippen LogP contribution in [0.4, 0.5) is 8.78 Å². The van der Waals surface area contributed by atoms with Gasteiger partial charge in [-0.1, -0.05) is 0 Å². The fourth-order valence-electron chi connectivity index (χ4n) is 2.20. The summed E-state index contributed by atoms with van der Waals surface area (Å²) in [4.78, 5) is 0. The molecule has 1 heterocycles. The van der Waals surface area contributed by atoms with E-state index in [4.69, 9.17) is 18.8 Å². The zero-order chi connectivity index (χ0) is 16.7. The SMILES string of the molecule is CCOc1c(OC)cc(F)c(B2OC(C)(C)C(C)(C)O2)c1F. The molecular formula is C15H21BF2O4. The molecule has 0 amide bonds. The van der Waals surface area contributed by atoms with Crippen molar-refractivity contribution in [3.8, 4) is 11.5 Å². The Bertz CT molecular complexity index is 559. The summed E-state index contributed by atoms with van der Waals surface area (Å²) in [7, 11) is 0.181.